The lowest BCUT2D eigenvalue weighted by atomic mass is 9.72. The Labute approximate surface area is 165 Å². The molecule has 0 aromatic heterocycles. The Kier molecular flexibility index (Phi) is 6.64. The van der Waals surface area contributed by atoms with Crippen LogP contribution in [0.2, 0.25) is 0 Å². The van der Waals surface area contributed by atoms with Crippen molar-refractivity contribution in [1.82, 2.24) is 0 Å². The number of carbonyl (C=O) groups excluding carboxylic acids is 1. The van der Waals surface area contributed by atoms with Crippen LogP contribution in [0.5, 0.6) is 0 Å². The number of carbonyl (C=O) groups is 1. The van der Waals surface area contributed by atoms with E-state index in [1.807, 2.05) is 37.3 Å². The van der Waals surface area contributed by atoms with Crippen molar-refractivity contribution in [3.05, 3.63) is 47.0 Å². The van der Waals surface area contributed by atoms with Gasteiger partial charge in [0.25, 0.3) is 0 Å². The fourth-order valence-corrected chi connectivity index (χ4v) is 4.94. The average Bonchev–Trinajstić information content (AvgIpc) is 3.20. The number of aryl methyl sites for hydroxylation is 1. The van der Waals surface area contributed by atoms with E-state index in [1.165, 1.54) is 6.21 Å². The van der Waals surface area contributed by atoms with E-state index < -0.39 is 21.1 Å². The van der Waals surface area contributed by atoms with E-state index in [-0.39, 0.29) is 23.7 Å². The van der Waals surface area contributed by atoms with E-state index in [1.54, 1.807) is 6.21 Å². The minimum absolute atomic E-state index is 0.0239. The van der Waals surface area contributed by atoms with Gasteiger partial charge in [-0.15, -0.1) is 0 Å². The van der Waals surface area contributed by atoms with E-state index >= 15 is 0 Å². The number of rotatable bonds is 6. The molecular formula is C21H25IN2O2. The molecule has 1 aliphatic heterocycles. The van der Waals surface area contributed by atoms with Gasteiger partial charge in [-0.05, 0) is 49.8 Å². The third-order valence-electron chi connectivity index (χ3n) is 5.39. The molecule has 2 aliphatic rings. The summed E-state index contributed by atoms with van der Waals surface area (Å²) in [6.07, 6.45) is 11.8. The highest BCUT2D eigenvalue weighted by Crippen LogP contribution is 2.37. The van der Waals surface area contributed by atoms with Crippen LogP contribution in [0.15, 0.2) is 35.3 Å². The summed E-state index contributed by atoms with van der Waals surface area (Å²) in [5.41, 5.74) is 2.87. The standard InChI is InChI=1S/C21H25IN2O2/c1-14-8-9-18(20-7-4-10-24-20)19(11-14)21(25)17-6-3-2-5-15(17)12-16(13-23)22-26/h4,7-11,13,15,17,20,23,26H,2-3,5-6,12H2,1H3/t15-,17?,20?/m0/s1. The molecule has 0 spiro atoms. The van der Waals surface area contributed by atoms with Crippen LogP contribution in [0.25, 0.3) is 0 Å². The second-order valence-electron chi connectivity index (χ2n) is 7.11. The predicted octanol–water partition coefficient (Wildman–Crippen LogP) is 4.76. The highest BCUT2D eigenvalue weighted by atomic mass is 127. The number of halogens is 1. The van der Waals surface area contributed by atoms with Crippen LogP contribution in [0, 0.1) is 24.2 Å². The lowest BCUT2D eigenvalue weighted by molar-refractivity contribution is 0.0828. The van der Waals surface area contributed by atoms with Crippen LogP contribution in [-0.2, 0) is 0 Å². The van der Waals surface area contributed by atoms with Crippen LogP contribution in [0.4, 0.5) is 0 Å². The summed E-state index contributed by atoms with van der Waals surface area (Å²) in [6.45, 7) is 2.02. The Morgan fingerprint density at radius 1 is 1.38 bits per heavy atom. The van der Waals surface area contributed by atoms with Gasteiger partial charge < -0.3 is 8.85 Å². The number of aliphatic imine (C=N–C) groups is 1. The van der Waals surface area contributed by atoms with Gasteiger partial charge in [0, 0.05) is 48.6 Å². The number of benzene rings is 1. The molecular weight excluding hydrogens is 439 g/mol. The number of ketones is 1. The van der Waals surface area contributed by atoms with Crippen molar-refractivity contribution >= 4 is 42.9 Å². The summed E-state index contributed by atoms with van der Waals surface area (Å²) in [5.74, 6) is 0.421. The molecule has 138 valence electrons. The number of Topliss-reactive ketones (excluding diaryl/α,β-unsaturated/α-hetero) is 1. The maximum atomic E-state index is 13.5. The number of hydrogen-bond acceptors (Lipinski definition) is 4. The minimum atomic E-state index is -1.07. The van der Waals surface area contributed by atoms with Crippen molar-refractivity contribution < 1.29 is 8.23 Å². The molecule has 3 rings (SSSR count). The van der Waals surface area contributed by atoms with Gasteiger partial charge in [0.15, 0.2) is 5.78 Å². The lowest BCUT2D eigenvalue weighted by Crippen LogP contribution is -2.30. The smallest absolute Gasteiger partial charge is 0.166 e. The van der Waals surface area contributed by atoms with Crippen LogP contribution < -0.4 is 0 Å². The van der Waals surface area contributed by atoms with Crippen LogP contribution >= 0.6 is 21.1 Å². The molecule has 0 bridgehead atoms. The molecule has 1 aromatic carbocycles. The van der Waals surface area contributed by atoms with Gasteiger partial charge in [0.1, 0.15) is 0 Å². The maximum Gasteiger partial charge on any atom is 0.166 e. The van der Waals surface area contributed by atoms with E-state index in [9.17, 15) is 8.23 Å². The van der Waals surface area contributed by atoms with Crippen molar-refractivity contribution in [3.63, 3.8) is 0 Å². The largest absolute Gasteiger partial charge is 0.337 e. The predicted molar refractivity (Wildman–Crippen MR) is 116 cm³/mol. The molecule has 0 radical (unpaired) electrons. The maximum absolute atomic E-state index is 13.5. The van der Waals surface area contributed by atoms with Crippen molar-refractivity contribution in [1.29, 1.82) is 5.41 Å². The Balaban J connectivity index is 1.91. The molecule has 1 aliphatic carbocycles. The first-order valence-corrected chi connectivity index (χ1v) is 11.2. The second kappa shape index (κ2) is 8.95. The third-order valence-corrected chi connectivity index (χ3v) is 6.76. The molecule has 2 unspecified atom stereocenters. The summed E-state index contributed by atoms with van der Waals surface area (Å²) in [4.78, 5) is 18.0. The highest BCUT2D eigenvalue weighted by Gasteiger charge is 2.33. The first kappa shape index (κ1) is 19.3. The second-order valence-corrected chi connectivity index (χ2v) is 8.98. The van der Waals surface area contributed by atoms with Gasteiger partial charge in [-0.3, -0.25) is 9.79 Å². The van der Waals surface area contributed by atoms with Crippen LogP contribution in [0.3, 0.4) is 0 Å². The van der Waals surface area contributed by atoms with Gasteiger partial charge in [-0.1, -0.05) is 36.6 Å². The molecule has 1 fully saturated rings. The van der Waals surface area contributed by atoms with Crippen molar-refractivity contribution in [3.8, 4) is 0 Å². The van der Waals surface area contributed by atoms with Crippen LogP contribution in [-0.4, -0.2) is 25.2 Å². The zero-order valence-electron chi connectivity index (χ0n) is 15.0. The molecule has 5 heteroatoms. The third kappa shape index (κ3) is 4.26. The Hall–Kier alpha value is -1.47. The number of nitrogens with one attached hydrogen (secondary N) is 1. The summed E-state index contributed by atoms with van der Waals surface area (Å²) in [7, 11) is 0. The monoisotopic (exact) mass is 464 g/mol. The molecule has 0 amide bonds. The highest BCUT2D eigenvalue weighted by molar-refractivity contribution is 14.2. The van der Waals surface area contributed by atoms with Crippen molar-refractivity contribution in [2.24, 2.45) is 16.8 Å². The topological polar surface area (TPSA) is 73.5 Å². The minimum Gasteiger partial charge on any atom is -0.337 e. The molecule has 1 aromatic rings. The van der Waals surface area contributed by atoms with Gasteiger partial charge in [0.05, 0.1) is 6.04 Å². The average molecular weight is 464 g/mol. The molecule has 2 N–H and O–H groups in total. The SMILES string of the molecule is Cc1ccc(C2C=CC=N2)c(C(=O)C2CCCC[C@H]2CC(C=N)=IO)c1. The Bertz CT molecular complexity index is 770. The molecule has 4 nitrogen and oxygen atoms in total. The summed E-state index contributed by atoms with van der Waals surface area (Å²) in [5, 5.41) is 7.49. The van der Waals surface area contributed by atoms with Gasteiger partial charge in [-0.25, -0.2) is 0 Å². The quantitative estimate of drug-likeness (QED) is 0.362. The van der Waals surface area contributed by atoms with E-state index in [4.69, 9.17) is 5.41 Å². The van der Waals surface area contributed by atoms with E-state index in [0.717, 1.165) is 45.9 Å². The fraction of sp³-hybridized carbons (Fsp3) is 0.429. The Morgan fingerprint density at radius 2 is 2.19 bits per heavy atom. The Morgan fingerprint density at radius 3 is 2.88 bits per heavy atom. The molecule has 1 heterocycles. The normalized spacial score (nSPS) is 25.8. The summed E-state index contributed by atoms with van der Waals surface area (Å²) in [6, 6.07) is 6.02. The van der Waals surface area contributed by atoms with E-state index in [0.29, 0.717) is 6.42 Å². The van der Waals surface area contributed by atoms with Gasteiger partial charge >= 0.3 is 0 Å². The molecule has 1 saturated carbocycles. The van der Waals surface area contributed by atoms with Crippen molar-refractivity contribution in [2.75, 3.05) is 0 Å². The molecule has 26 heavy (non-hydrogen) atoms. The van der Waals surface area contributed by atoms with Crippen LogP contribution in [0.1, 0.15) is 59.6 Å². The summed E-state index contributed by atoms with van der Waals surface area (Å²) < 4.78 is 10.4. The first-order valence-electron chi connectivity index (χ1n) is 9.13. The van der Waals surface area contributed by atoms with Crippen molar-refractivity contribution in [2.45, 2.75) is 45.1 Å². The fourth-order valence-electron chi connectivity index (χ4n) is 4.04. The molecule has 3 atom stereocenters. The van der Waals surface area contributed by atoms with Gasteiger partial charge in [-0.2, -0.15) is 0 Å². The summed E-state index contributed by atoms with van der Waals surface area (Å²) >= 11 is -1.07. The number of allylic oxidation sites excluding steroid dienone is 1. The van der Waals surface area contributed by atoms with E-state index in [2.05, 4.69) is 4.99 Å². The lowest BCUT2D eigenvalue weighted by Gasteiger charge is -2.31. The number of hydrogen-bond donors (Lipinski definition) is 2. The zero-order valence-corrected chi connectivity index (χ0v) is 17.1. The zero-order chi connectivity index (χ0) is 18.5. The number of nitrogens with zero attached hydrogens (tertiary/aromatic N) is 1. The first-order chi connectivity index (χ1) is 12.6. The molecule has 0 saturated heterocycles. The van der Waals surface area contributed by atoms with Gasteiger partial charge in [0.2, 0.25) is 0 Å².